The Morgan fingerprint density at radius 2 is 2.04 bits per heavy atom. The van der Waals surface area contributed by atoms with Crippen molar-refractivity contribution >= 4 is 5.91 Å². The van der Waals surface area contributed by atoms with Crippen molar-refractivity contribution in [3.05, 3.63) is 41.7 Å². The predicted molar refractivity (Wildman–Crippen MR) is 94.8 cm³/mol. The van der Waals surface area contributed by atoms with Crippen LogP contribution in [0.25, 0.3) is 0 Å². The fraction of sp³-hybridized carbons (Fsp3) is 0.474. The van der Waals surface area contributed by atoms with Crippen molar-refractivity contribution in [2.45, 2.75) is 26.4 Å². The van der Waals surface area contributed by atoms with E-state index in [0.717, 1.165) is 31.5 Å². The lowest BCUT2D eigenvalue weighted by atomic mass is 9.98. The minimum absolute atomic E-state index is 0.0593. The molecule has 1 aromatic carbocycles. The molecule has 2 heterocycles. The van der Waals surface area contributed by atoms with Crippen LogP contribution in [0.2, 0.25) is 0 Å². The molecular formula is C19H25N3O3. The predicted octanol–water partition coefficient (Wildman–Crippen LogP) is 2.88. The Morgan fingerprint density at radius 1 is 1.28 bits per heavy atom. The number of benzene rings is 1. The summed E-state index contributed by atoms with van der Waals surface area (Å²) in [5.74, 6) is 1.95. The number of methoxy groups -OCH3 is 1. The molecular weight excluding hydrogens is 318 g/mol. The first kappa shape index (κ1) is 17.3. The number of amides is 1. The number of rotatable bonds is 5. The summed E-state index contributed by atoms with van der Waals surface area (Å²) in [6.45, 7) is 4.28. The lowest BCUT2D eigenvalue weighted by Crippen LogP contribution is -2.37. The third-order valence-corrected chi connectivity index (χ3v) is 4.63. The highest BCUT2D eigenvalue weighted by Gasteiger charge is 2.22. The van der Waals surface area contributed by atoms with Gasteiger partial charge in [-0.2, -0.15) is 5.10 Å². The average molecular weight is 343 g/mol. The van der Waals surface area contributed by atoms with Gasteiger partial charge >= 0.3 is 0 Å². The van der Waals surface area contributed by atoms with E-state index < -0.39 is 0 Å². The molecule has 0 bridgehead atoms. The molecule has 0 aliphatic carbocycles. The zero-order valence-corrected chi connectivity index (χ0v) is 15.1. The minimum atomic E-state index is 0.0593. The molecule has 3 rings (SSSR count). The summed E-state index contributed by atoms with van der Waals surface area (Å²) in [6, 6.07) is 5.37. The number of aryl methyl sites for hydroxylation is 1. The molecule has 134 valence electrons. The lowest BCUT2D eigenvalue weighted by molar-refractivity contribution is 0.0697. The highest BCUT2D eigenvalue weighted by molar-refractivity contribution is 5.95. The SMILES string of the molecule is COc1cc(C(=O)N2CCC(C)CC2)ccc1OCc1cnn(C)c1. The topological polar surface area (TPSA) is 56.6 Å². The largest absolute Gasteiger partial charge is 0.493 e. The standard InChI is InChI=1S/C19H25N3O3/c1-14-6-8-22(9-7-14)19(23)16-4-5-17(18(10-16)24-3)25-13-15-11-20-21(2)12-15/h4-5,10-12,14H,6-9,13H2,1-3H3. The lowest BCUT2D eigenvalue weighted by Gasteiger charge is -2.30. The average Bonchev–Trinajstić information content (AvgIpc) is 3.05. The summed E-state index contributed by atoms with van der Waals surface area (Å²) in [7, 11) is 3.45. The molecule has 1 aromatic heterocycles. The fourth-order valence-electron chi connectivity index (χ4n) is 3.02. The summed E-state index contributed by atoms with van der Waals surface area (Å²) in [5, 5.41) is 4.12. The molecule has 6 nitrogen and oxygen atoms in total. The van der Waals surface area contributed by atoms with Gasteiger partial charge in [0.15, 0.2) is 11.5 Å². The summed E-state index contributed by atoms with van der Waals surface area (Å²) in [4.78, 5) is 14.6. The Bertz CT molecular complexity index is 733. The van der Waals surface area contributed by atoms with Crippen molar-refractivity contribution in [1.29, 1.82) is 0 Å². The van der Waals surface area contributed by atoms with Crippen LogP contribution in [0.1, 0.15) is 35.7 Å². The van der Waals surface area contributed by atoms with Gasteiger partial charge in [-0.1, -0.05) is 6.92 Å². The molecule has 1 amide bonds. The second-order valence-corrected chi connectivity index (χ2v) is 6.65. The maximum Gasteiger partial charge on any atom is 0.253 e. The van der Waals surface area contributed by atoms with Crippen LogP contribution in [-0.4, -0.2) is 40.8 Å². The zero-order chi connectivity index (χ0) is 17.8. The van der Waals surface area contributed by atoms with Crippen LogP contribution in [-0.2, 0) is 13.7 Å². The van der Waals surface area contributed by atoms with E-state index in [1.54, 1.807) is 30.1 Å². The van der Waals surface area contributed by atoms with E-state index in [0.29, 0.717) is 29.6 Å². The number of nitrogens with zero attached hydrogens (tertiary/aromatic N) is 3. The van der Waals surface area contributed by atoms with E-state index in [1.807, 2.05) is 24.2 Å². The molecule has 2 aromatic rings. The van der Waals surface area contributed by atoms with E-state index in [1.165, 1.54) is 0 Å². The van der Waals surface area contributed by atoms with Gasteiger partial charge in [0.25, 0.3) is 5.91 Å². The number of hydrogen-bond acceptors (Lipinski definition) is 4. The molecule has 6 heteroatoms. The maximum atomic E-state index is 12.7. The first-order valence-electron chi connectivity index (χ1n) is 8.64. The summed E-state index contributed by atoms with van der Waals surface area (Å²) >= 11 is 0. The molecule has 1 fully saturated rings. The smallest absolute Gasteiger partial charge is 0.253 e. The third-order valence-electron chi connectivity index (χ3n) is 4.63. The van der Waals surface area contributed by atoms with E-state index in [-0.39, 0.29) is 5.91 Å². The number of likely N-dealkylation sites (tertiary alicyclic amines) is 1. The van der Waals surface area contributed by atoms with Crippen molar-refractivity contribution in [2.24, 2.45) is 13.0 Å². The van der Waals surface area contributed by atoms with E-state index in [9.17, 15) is 4.79 Å². The minimum Gasteiger partial charge on any atom is -0.493 e. The second-order valence-electron chi connectivity index (χ2n) is 6.65. The van der Waals surface area contributed by atoms with Gasteiger partial charge in [0.2, 0.25) is 0 Å². The molecule has 1 aliphatic heterocycles. The molecule has 0 saturated carbocycles. The Kier molecular flexibility index (Phi) is 5.26. The van der Waals surface area contributed by atoms with Gasteiger partial charge in [0.1, 0.15) is 6.61 Å². The molecule has 1 saturated heterocycles. The van der Waals surface area contributed by atoms with Gasteiger partial charge in [-0.15, -0.1) is 0 Å². The molecule has 0 unspecified atom stereocenters. The summed E-state index contributed by atoms with van der Waals surface area (Å²) in [5.41, 5.74) is 1.62. The molecule has 0 N–H and O–H groups in total. The van der Waals surface area contributed by atoms with Crippen LogP contribution < -0.4 is 9.47 Å². The van der Waals surface area contributed by atoms with Crippen LogP contribution in [0.3, 0.4) is 0 Å². The number of carbonyl (C=O) groups excluding carboxylic acids is 1. The van der Waals surface area contributed by atoms with Crippen molar-refractivity contribution in [3.63, 3.8) is 0 Å². The summed E-state index contributed by atoms with van der Waals surface area (Å²) in [6.07, 6.45) is 5.80. The van der Waals surface area contributed by atoms with Gasteiger partial charge in [-0.05, 0) is 37.0 Å². The molecule has 0 atom stereocenters. The Labute approximate surface area is 148 Å². The number of ether oxygens (including phenoxy) is 2. The van der Waals surface area contributed by atoms with Crippen molar-refractivity contribution in [1.82, 2.24) is 14.7 Å². The van der Waals surface area contributed by atoms with Gasteiger partial charge in [0, 0.05) is 37.5 Å². The Morgan fingerprint density at radius 3 is 2.68 bits per heavy atom. The quantitative estimate of drug-likeness (QED) is 0.838. The molecule has 0 spiro atoms. The van der Waals surface area contributed by atoms with E-state index in [2.05, 4.69) is 12.0 Å². The fourth-order valence-corrected chi connectivity index (χ4v) is 3.02. The van der Waals surface area contributed by atoms with Gasteiger partial charge in [-0.3, -0.25) is 9.48 Å². The number of piperidine rings is 1. The second kappa shape index (κ2) is 7.59. The molecule has 1 aliphatic rings. The van der Waals surface area contributed by atoms with Crippen molar-refractivity contribution in [3.8, 4) is 11.5 Å². The van der Waals surface area contributed by atoms with Gasteiger partial charge < -0.3 is 14.4 Å². The number of aromatic nitrogens is 2. The first-order chi connectivity index (χ1) is 12.1. The third kappa shape index (κ3) is 4.13. The highest BCUT2D eigenvalue weighted by atomic mass is 16.5. The maximum absolute atomic E-state index is 12.7. The summed E-state index contributed by atoms with van der Waals surface area (Å²) < 4.78 is 13.0. The van der Waals surface area contributed by atoms with E-state index in [4.69, 9.17) is 9.47 Å². The Balaban J connectivity index is 1.69. The highest BCUT2D eigenvalue weighted by Crippen LogP contribution is 2.30. The van der Waals surface area contributed by atoms with Crippen LogP contribution in [0.5, 0.6) is 11.5 Å². The zero-order valence-electron chi connectivity index (χ0n) is 15.1. The molecule has 0 radical (unpaired) electrons. The monoisotopic (exact) mass is 343 g/mol. The first-order valence-corrected chi connectivity index (χ1v) is 8.64. The van der Waals surface area contributed by atoms with Crippen molar-refractivity contribution in [2.75, 3.05) is 20.2 Å². The van der Waals surface area contributed by atoms with E-state index >= 15 is 0 Å². The molecule has 25 heavy (non-hydrogen) atoms. The van der Waals surface area contributed by atoms with Crippen LogP contribution in [0, 0.1) is 5.92 Å². The van der Waals surface area contributed by atoms with Gasteiger partial charge in [0.05, 0.1) is 13.3 Å². The van der Waals surface area contributed by atoms with Crippen LogP contribution >= 0.6 is 0 Å². The van der Waals surface area contributed by atoms with Crippen LogP contribution in [0.4, 0.5) is 0 Å². The number of carbonyl (C=O) groups is 1. The Hall–Kier alpha value is -2.50. The normalized spacial score (nSPS) is 15.2. The number of hydrogen-bond donors (Lipinski definition) is 0. The van der Waals surface area contributed by atoms with Gasteiger partial charge in [-0.25, -0.2) is 0 Å². The van der Waals surface area contributed by atoms with Crippen molar-refractivity contribution < 1.29 is 14.3 Å². The van der Waals surface area contributed by atoms with Crippen LogP contribution in [0.15, 0.2) is 30.6 Å².